The van der Waals surface area contributed by atoms with Crippen molar-refractivity contribution in [3.05, 3.63) is 89.2 Å². The average molecular weight is 473 g/mol. The largest absolute Gasteiger partial charge is 0.361 e. The molecule has 2 aromatic heterocycles. The number of thioether (sulfide) groups is 1. The number of hydrogen-bond acceptors (Lipinski definition) is 5. The van der Waals surface area contributed by atoms with E-state index in [9.17, 15) is 0 Å². The van der Waals surface area contributed by atoms with E-state index in [2.05, 4.69) is 59.0 Å². The number of nitrogens with two attached hydrogens (primary N) is 2. The molecule has 0 saturated heterocycles. The Balaban J connectivity index is 1.50. The van der Waals surface area contributed by atoms with Gasteiger partial charge in [0.2, 0.25) is 0 Å². The van der Waals surface area contributed by atoms with Gasteiger partial charge in [0.1, 0.15) is 5.69 Å². The van der Waals surface area contributed by atoms with Crippen LogP contribution in [0.25, 0.3) is 21.8 Å². The number of amidine groups is 1. The molecule has 0 bridgehead atoms. The van der Waals surface area contributed by atoms with Gasteiger partial charge in [0.15, 0.2) is 5.84 Å². The second kappa shape index (κ2) is 11.2. The maximum absolute atomic E-state index is 5.90. The highest BCUT2D eigenvalue weighted by molar-refractivity contribution is 8.03. The molecule has 4 aromatic rings. The predicted molar refractivity (Wildman–Crippen MR) is 146 cm³/mol. The Hall–Kier alpha value is -3.29. The van der Waals surface area contributed by atoms with E-state index in [-0.39, 0.29) is 0 Å². The van der Waals surface area contributed by atoms with Crippen molar-refractivity contribution < 1.29 is 0 Å². The Morgan fingerprint density at radius 2 is 1.97 bits per heavy atom. The van der Waals surface area contributed by atoms with E-state index in [4.69, 9.17) is 16.6 Å². The number of hydrogen-bond donors (Lipinski definition) is 3. The van der Waals surface area contributed by atoms with Gasteiger partial charge in [-0.25, -0.2) is 4.98 Å². The number of unbranched alkanes of at least 4 members (excludes halogenated alkanes) is 1. The van der Waals surface area contributed by atoms with Gasteiger partial charge in [0, 0.05) is 34.8 Å². The molecule has 0 atom stereocenters. The minimum absolute atomic E-state index is 0.628. The molecule has 7 heteroatoms. The molecule has 4 rings (SSSR count). The number of H-pyrrole nitrogens is 1. The molecule has 0 unspecified atom stereocenters. The maximum Gasteiger partial charge on any atom is 0.178 e. The highest BCUT2D eigenvalue weighted by Crippen LogP contribution is 2.26. The number of benzene rings is 2. The van der Waals surface area contributed by atoms with Crippen molar-refractivity contribution in [1.82, 2.24) is 14.9 Å². The molecule has 0 aliphatic carbocycles. The number of nitrogens with zero attached hydrogens (tertiary/aromatic N) is 3. The summed E-state index contributed by atoms with van der Waals surface area (Å²) in [5, 5.41) is 7.42. The van der Waals surface area contributed by atoms with Crippen LogP contribution in [-0.2, 0) is 6.42 Å². The zero-order chi connectivity index (χ0) is 23.9. The van der Waals surface area contributed by atoms with Crippen molar-refractivity contribution in [2.45, 2.75) is 26.2 Å². The topological polar surface area (TPSA) is 96.3 Å². The molecule has 6 nitrogen and oxygen atoms in total. The van der Waals surface area contributed by atoms with Crippen LogP contribution < -0.4 is 11.6 Å². The fourth-order valence-electron chi connectivity index (χ4n) is 4.16. The quantitative estimate of drug-likeness (QED) is 0.0977. The van der Waals surface area contributed by atoms with Crippen LogP contribution in [0.15, 0.2) is 77.5 Å². The summed E-state index contributed by atoms with van der Waals surface area (Å²) in [5.74, 6) is 7.43. The number of pyridine rings is 1. The molecule has 0 amide bonds. The fourth-order valence-corrected chi connectivity index (χ4v) is 5.05. The normalized spacial score (nSPS) is 11.9. The van der Waals surface area contributed by atoms with Crippen molar-refractivity contribution >= 4 is 39.4 Å². The first-order valence-electron chi connectivity index (χ1n) is 11.6. The first-order valence-corrected chi connectivity index (χ1v) is 12.6. The first-order chi connectivity index (χ1) is 16.6. The molecule has 0 radical (unpaired) electrons. The fraction of sp³-hybridized carbons (Fsp3) is 0.259. The second-order valence-corrected chi connectivity index (χ2v) is 9.46. The summed E-state index contributed by atoms with van der Waals surface area (Å²) in [6.45, 7) is 7.89. The Morgan fingerprint density at radius 3 is 2.79 bits per heavy atom. The summed E-state index contributed by atoms with van der Waals surface area (Å²) < 4.78 is 0. The highest BCUT2D eigenvalue weighted by Gasteiger charge is 2.19. The number of aromatic nitrogens is 2. The van der Waals surface area contributed by atoms with Crippen LogP contribution in [0.3, 0.4) is 0 Å². The van der Waals surface area contributed by atoms with Gasteiger partial charge in [0.05, 0.1) is 10.5 Å². The maximum atomic E-state index is 5.90. The minimum Gasteiger partial charge on any atom is -0.361 e. The lowest BCUT2D eigenvalue weighted by atomic mass is 10.1. The molecule has 0 spiro atoms. The van der Waals surface area contributed by atoms with Gasteiger partial charge in [-0.15, -0.1) is 11.8 Å². The van der Waals surface area contributed by atoms with E-state index in [0.29, 0.717) is 12.4 Å². The molecule has 0 saturated carbocycles. The molecule has 0 fully saturated rings. The number of rotatable bonds is 10. The van der Waals surface area contributed by atoms with Crippen molar-refractivity contribution in [3.8, 4) is 0 Å². The number of aromatic amines is 1. The van der Waals surface area contributed by atoms with Crippen molar-refractivity contribution in [3.63, 3.8) is 0 Å². The Bertz CT molecular complexity index is 1310. The van der Waals surface area contributed by atoms with Gasteiger partial charge in [-0.05, 0) is 56.0 Å². The standard InChI is InChI=1S/C27H32N6S/c1-19-8-7-10-23-22(18-30-26(19)23)14-17-34-20(2)33(16-6-5-15-28)27(32-29)25-13-12-21-9-3-4-11-24(21)31-25/h3-4,7-13,18,30H,2,5-6,14-17,28-29H2,1H3/b32-27-. The molecule has 2 aromatic carbocycles. The summed E-state index contributed by atoms with van der Waals surface area (Å²) in [6, 6.07) is 18.5. The molecule has 176 valence electrons. The molecular weight excluding hydrogens is 440 g/mol. The lowest BCUT2D eigenvalue weighted by Gasteiger charge is -2.27. The Labute approximate surface area is 205 Å². The molecule has 2 heterocycles. The summed E-state index contributed by atoms with van der Waals surface area (Å²) in [7, 11) is 0. The van der Waals surface area contributed by atoms with Gasteiger partial charge in [0.25, 0.3) is 0 Å². The SMILES string of the molecule is C=C(SCCc1c[nH]c2c(C)cccc12)N(CCCCN)/C(=N\N)c1ccc2ccccc2n1. The van der Waals surface area contributed by atoms with Crippen LogP contribution in [0, 0.1) is 6.92 Å². The molecule has 0 aliphatic rings. The lowest BCUT2D eigenvalue weighted by Crippen LogP contribution is -2.33. The molecule has 34 heavy (non-hydrogen) atoms. The molecule has 0 aliphatic heterocycles. The van der Waals surface area contributed by atoms with E-state index in [0.717, 1.165) is 53.2 Å². The summed E-state index contributed by atoms with van der Waals surface area (Å²) in [6.07, 6.45) is 4.90. The predicted octanol–water partition coefficient (Wildman–Crippen LogP) is 5.13. The van der Waals surface area contributed by atoms with Gasteiger partial charge in [-0.2, -0.15) is 5.10 Å². The Kier molecular flexibility index (Phi) is 7.87. The highest BCUT2D eigenvalue weighted by atomic mass is 32.2. The van der Waals surface area contributed by atoms with E-state index in [1.165, 1.54) is 22.0 Å². The number of hydrazone groups is 1. The van der Waals surface area contributed by atoms with E-state index in [1.807, 2.05) is 30.3 Å². The third-order valence-electron chi connectivity index (χ3n) is 5.99. The zero-order valence-electron chi connectivity index (χ0n) is 19.6. The minimum atomic E-state index is 0.628. The van der Waals surface area contributed by atoms with Crippen molar-refractivity contribution in [2.24, 2.45) is 16.7 Å². The third-order valence-corrected chi connectivity index (χ3v) is 6.95. The number of nitrogens with one attached hydrogen (secondary N) is 1. The monoisotopic (exact) mass is 472 g/mol. The van der Waals surface area contributed by atoms with Crippen LogP contribution >= 0.6 is 11.8 Å². The third kappa shape index (κ3) is 5.26. The Morgan fingerprint density at radius 1 is 1.12 bits per heavy atom. The summed E-state index contributed by atoms with van der Waals surface area (Å²) >= 11 is 1.72. The van der Waals surface area contributed by atoms with E-state index >= 15 is 0 Å². The number of fused-ring (bicyclic) bond motifs is 2. The smallest absolute Gasteiger partial charge is 0.178 e. The summed E-state index contributed by atoms with van der Waals surface area (Å²) in [4.78, 5) is 10.3. The first kappa shape index (κ1) is 23.9. The van der Waals surface area contributed by atoms with E-state index < -0.39 is 0 Å². The van der Waals surface area contributed by atoms with E-state index in [1.54, 1.807) is 11.8 Å². The van der Waals surface area contributed by atoms with Gasteiger partial charge < -0.3 is 21.5 Å². The lowest BCUT2D eigenvalue weighted by molar-refractivity contribution is 0.511. The van der Waals surface area contributed by atoms with Crippen molar-refractivity contribution in [1.29, 1.82) is 0 Å². The molecule has 5 N–H and O–H groups in total. The van der Waals surface area contributed by atoms with Gasteiger partial charge in [-0.1, -0.05) is 49.0 Å². The van der Waals surface area contributed by atoms with Crippen LogP contribution in [0.4, 0.5) is 0 Å². The second-order valence-electron chi connectivity index (χ2n) is 8.29. The van der Waals surface area contributed by atoms with Gasteiger partial charge in [-0.3, -0.25) is 0 Å². The molecular formula is C27H32N6S. The van der Waals surface area contributed by atoms with Crippen molar-refractivity contribution in [2.75, 3.05) is 18.8 Å². The number of para-hydroxylation sites is 2. The van der Waals surface area contributed by atoms with Gasteiger partial charge >= 0.3 is 0 Å². The zero-order valence-corrected chi connectivity index (χ0v) is 20.4. The summed E-state index contributed by atoms with van der Waals surface area (Å²) in [5.41, 5.74) is 11.2. The van der Waals surface area contributed by atoms with Crippen LogP contribution in [0.1, 0.15) is 29.7 Å². The average Bonchev–Trinajstić information content (AvgIpc) is 3.28. The van der Waals surface area contributed by atoms with Crippen LogP contribution in [0.2, 0.25) is 0 Å². The number of aryl methyl sites for hydroxylation is 2. The van der Waals surface area contributed by atoms with Crippen LogP contribution in [0.5, 0.6) is 0 Å². The van der Waals surface area contributed by atoms with Crippen LogP contribution in [-0.4, -0.2) is 39.5 Å².